The van der Waals surface area contributed by atoms with E-state index in [9.17, 15) is 19.7 Å². The van der Waals surface area contributed by atoms with Crippen molar-refractivity contribution in [3.05, 3.63) is 92.7 Å². The number of rotatable bonds is 8. The molecule has 2 aromatic carbocycles. The number of non-ortho nitro benzene ring substituents is 1. The number of ether oxygens (including phenoxy) is 1. The van der Waals surface area contributed by atoms with Gasteiger partial charge in [-0.15, -0.1) is 0 Å². The SMILES string of the molecule is COc1ccccc1C(=O)NCCn1ncc2c(=O)n(Cc3ccc([N+](=O)[O-])cc3)cnc21. The van der Waals surface area contributed by atoms with E-state index in [1.165, 1.54) is 36.3 Å². The molecule has 0 unspecified atom stereocenters. The minimum Gasteiger partial charge on any atom is -0.496 e. The van der Waals surface area contributed by atoms with Gasteiger partial charge >= 0.3 is 0 Å². The molecule has 0 bridgehead atoms. The van der Waals surface area contributed by atoms with E-state index in [0.29, 0.717) is 28.9 Å². The van der Waals surface area contributed by atoms with Gasteiger partial charge in [-0.1, -0.05) is 24.3 Å². The molecule has 0 aliphatic rings. The third-order valence-electron chi connectivity index (χ3n) is 5.08. The number of nitro groups is 1. The van der Waals surface area contributed by atoms with Gasteiger partial charge in [0.15, 0.2) is 5.65 Å². The number of benzene rings is 2. The molecule has 33 heavy (non-hydrogen) atoms. The molecule has 0 saturated carbocycles. The van der Waals surface area contributed by atoms with Crippen molar-refractivity contribution in [1.29, 1.82) is 0 Å². The Morgan fingerprint density at radius 3 is 2.67 bits per heavy atom. The lowest BCUT2D eigenvalue weighted by atomic mass is 10.2. The summed E-state index contributed by atoms with van der Waals surface area (Å²) in [5, 5.41) is 18.2. The fourth-order valence-corrected chi connectivity index (χ4v) is 3.40. The number of aromatic nitrogens is 4. The van der Waals surface area contributed by atoms with E-state index in [4.69, 9.17) is 4.74 Å². The van der Waals surface area contributed by atoms with Crippen molar-refractivity contribution in [2.75, 3.05) is 13.7 Å². The highest BCUT2D eigenvalue weighted by molar-refractivity contribution is 5.96. The molecule has 0 fully saturated rings. The van der Waals surface area contributed by atoms with Gasteiger partial charge in [0.25, 0.3) is 17.2 Å². The number of methoxy groups -OCH3 is 1. The molecule has 0 radical (unpaired) electrons. The van der Waals surface area contributed by atoms with Gasteiger partial charge in [-0.05, 0) is 17.7 Å². The van der Waals surface area contributed by atoms with Gasteiger partial charge in [0.2, 0.25) is 0 Å². The molecule has 0 spiro atoms. The smallest absolute Gasteiger partial charge is 0.269 e. The highest BCUT2D eigenvalue weighted by Crippen LogP contribution is 2.17. The van der Waals surface area contributed by atoms with Crippen LogP contribution >= 0.6 is 0 Å². The van der Waals surface area contributed by atoms with E-state index in [1.54, 1.807) is 41.1 Å². The summed E-state index contributed by atoms with van der Waals surface area (Å²) in [6, 6.07) is 12.9. The van der Waals surface area contributed by atoms with Gasteiger partial charge < -0.3 is 10.1 Å². The van der Waals surface area contributed by atoms with Crippen LogP contribution in [0, 0.1) is 10.1 Å². The van der Waals surface area contributed by atoms with Gasteiger partial charge in [0, 0.05) is 18.7 Å². The van der Waals surface area contributed by atoms with E-state index in [-0.39, 0.29) is 30.2 Å². The Hall–Kier alpha value is -4.54. The van der Waals surface area contributed by atoms with Gasteiger partial charge in [0.05, 0.1) is 36.9 Å². The Labute approximate surface area is 187 Å². The van der Waals surface area contributed by atoms with Gasteiger partial charge in [-0.25, -0.2) is 9.67 Å². The van der Waals surface area contributed by atoms with Crippen LogP contribution in [0.5, 0.6) is 5.75 Å². The van der Waals surface area contributed by atoms with Crippen LogP contribution in [0.2, 0.25) is 0 Å². The number of carbonyl (C=O) groups excluding carboxylic acids is 1. The topological polar surface area (TPSA) is 134 Å². The zero-order valence-corrected chi connectivity index (χ0v) is 17.7. The number of nitro benzene ring substituents is 1. The molecule has 0 aliphatic heterocycles. The molecule has 4 aromatic rings. The molecule has 2 aromatic heterocycles. The fourth-order valence-electron chi connectivity index (χ4n) is 3.40. The Bertz CT molecular complexity index is 1380. The Kier molecular flexibility index (Phi) is 6.11. The van der Waals surface area contributed by atoms with Crippen molar-refractivity contribution in [1.82, 2.24) is 24.6 Å². The predicted octanol–water partition coefficient (Wildman–Crippen LogP) is 1.99. The first-order chi connectivity index (χ1) is 16.0. The molecule has 4 rings (SSSR count). The largest absolute Gasteiger partial charge is 0.496 e. The van der Waals surface area contributed by atoms with Crippen molar-refractivity contribution in [3.63, 3.8) is 0 Å². The Morgan fingerprint density at radius 2 is 1.94 bits per heavy atom. The lowest BCUT2D eigenvalue weighted by Crippen LogP contribution is -2.28. The highest BCUT2D eigenvalue weighted by atomic mass is 16.6. The quantitative estimate of drug-likeness (QED) is 0.322. The summed E-state index contributed by atoms with van der Waals surface area (Å²) >= 11 is 0. The Morgan fingerprint density at radius 1 is 1.18 bits per heavy atom. The maximum absolute atomic E-state index is 12.8. The van der Waals surface area contributed by atoms with E-state index in [1.807, 2.05) is 0 Å². The first-order valence-electron chi connectivity index (χ1n) is 10.0. The van der Waals surface area contributed by atoms with Crippen LogP contribution in [-0.2, 0) is 13.1 Å². The highest BCUT2D eigenvalue weighted by Gasteiger charge is 2.13. The lowest BCUT2D eigenvalue weighted by molar-refractivity contribution is -0.384. The number of para-hydroxylation sites is 1. The van der Waals surface area contributed by atoms with Crippen LogP contribution in [0.4, 0.5) is 5.69 Å². The predicted molar refractivity (Wildman–Crippen MR) is 119 cm³/mol. The van der Waals surface area contributed by atoms with Crippen LogP contribution in [0.25, 0.3) is 11.0 Å². The molecule has 0 saturated heterocycles. The summed E-state index contributed by atoms with van der Waals surface area (Å²) < 4.78 is 8.17. The second-order valence-electron chi connectivity index (χ2n) is 7.16. The van der Waals surface area contributed by atoms with Gasteiger partial charge in [0.1, 0.15) is 17.5 Å². The number of hydrogen-bond donors (Lipinski definition) is 1. The first kappa shape index (κ1) is 21.7. The first-order valence-corrected chi connectivity index (χ1v) is 10.0. The fraction of sp³-hybridized carbons (Fsp3) is 0.182. The third-order valence-corrected chi connectivity index (χ3v) is 5.08. The molecule has 1 N–H and O–H groups in total. The van der Waals surface area contributed by atoms with Crippen molar-refractivity contribution >= 4 is 22.6 Å². The number of carbonyl (C=O) groups is 1. The minimum atomic E-state index is -0.475. The molecule has 11 heteroatoms. The zero-order valence-electron chi connectivity index (χ0n) is 17.7. The van der Waals surface area contributed by atoms with Gasteiger partial charge in [-0.2, -0.15) is 5.10 Å². The molecular formula is C22H20N6O5. The number of nitrogens with zero attached hydrogens (tertiary/aromatic N) is 5. The molecule has 2 heterocycles. The normalized spacial score (nSPS) is 10.8. The van der Waals surface area contributed by atoms with Crippen molar-refractivity contribution < 1.29 is 14.5 Å². The summed E-state index contributed by atoms with van der Waals surface area (Å²) in [6.07, 6.45) is 2.86. The third kappa shape index (κ3) is 4.56. The van der Waals surface area contributed by atoms with Crippen LogP contribution < -0.4 is 15.6 Å². The Balaban J connectivity index is 1.45. The van der Waals surface area contributed by atoms with Gasteiger partial charge in [-0.3, -0.25) is 24.3 Å². The average molecular weight is 448 g/mol. The molecule has 1 amide bonds. The second-order valence-corrected chi connectivity index (χ2v) is 7.16. The molecule has 0 aliphatic carbocycles. The minimum absolute atomic E-state index is 0.0150. The number of fused-ring (bicyclic) bond motifs is 1. The van der Waals surface area contributed by atoms with E-state index in [0.717, 1.165) is 5.56 Å². The van der Waals surface area contributed by atoms with Crippen LogP contribution in [0.3, 0.4) is 0 Å². The van der Waals surface area contributed by atoms with E-state index < -0.39 is 4.92 Å². The molecule has 11 nitrogen and oxygen atoms in total. The standard InChI is InChI=1S/C22H20N6O5/c1-33-19-5-3-2-4-17(19)21(29)23-10-11-27-20-18(12-25-27)22(30)26(14-24-20)13-15-6-8-16(9-7-15)28(31)32/h2-9,12,14H,10-11,13H2,1H3,(H,23,29). The summed E-state index contributed by atoms with van der Waals surface area (Å²) in [7, 11) is 1.50. The summed E-state index contributed by atoms with van der Waals surface area (Å²) in [5.74, 6) is 0.206. The molecule has 0 atom stereocenters. The number of amides is 1. The summed E-state index contributed by atoms with van der Waals surface area (Å²) in [6.45, 7) is 0.824. The average Bonchev–Trinajstić information content (AvgIpc) is 3.24. The van der Waals surface area contributed by atoms with Crippen LogP contribution in [0.1, 0.15) is 15.9 Å². The lowest BCUT2D eigenvalue weighted by Gasteiger charge is -2.09. The maximum Gasteiger partial charge on any atom is 0.269 e. The van der Waals surface area contributed by atoms with Crippen LogP contribution in [0.15, 0.2) is 65.8 Å². The van der Waals surface area contributed by atoms with Crippen LogP contribution in [-0.4, -0.2) is 43.8 Å². The number of nitrogens with one attached hydrogen (secondary N) is 1. The van der Waals surface area contributed by atoms with E-state index in [2.05, 4.69) is 15.4 Å². The maximum atomic E-state index is 12.8. The van der Waals surface area contributed by atoms with Crippen molar-refractivity contribution in [2.24, 2.45) is 0 Å². The summed E-state index contributed by atoms with van der Waals surface area (Å²) in [4.78, 5) is 39.9. The second kappa shape index (κ2) is 9.30. The van der Waals surface area contributed by atoms with Crippen molar-refractivity contribution in [3.8, 4) is 5.75 Å². The van der Waals surface area contributed by atoms with E-state index >= 15 is 0 Å². The molecular weight excluding hydrogens is 428 g/mol. The summed E-state index contributed by atoms with van der Waals surface area (Å²) in [5.41, 5.74) is 1.28. The zero-order chi connectivity index (χ0) is 23.4. The van der Waals surface area contributed by atoms with Crippen molar-refractivity contribution in [2.45, 2.75) is 13.1 Å². The molecule has 168 valence electrons. The monoisotopic (exact) mass is 448 g/mol. The number of hydrogen-bond acceptors (Lipinski definition) is 7.